The van der Waals surface area contributed by atoms with Gasteiger partial charge in [0.1, 0.15) is 11.8 Å². The van der Waals surface area contributed by atoms with Gasteiger partial charge in [0.05, 0.1) is 5.57 Å². The van der Waals surface area contributed by atoms with Crippen molar-refractivity contribution in [1.29, 1.82) is 0 Å². The Bertz CT molecular complexity index is 925. The van der Waals surface area contributed by atoms with E-state index in [1.54, 1.807) is 29.2 Å². The number of amides is 1. The third-order valence-electron chi connectivity index (χ3n) is 5.47. The molecule has 0 radical (unpaired) electrons. The van der Waals surface area contributed by atoms with Gasteiger partial charge < -0.3 is 10.0 Å². The van der Waals surface area contributed by atoms with E-state index in [1.807, 2.05) is 18.4 Å². The third kappa shape index (κ3) is 3.09. The van der Waals surface area contributed by atoms with Crippen LogP contribution in [0.4, 0.5) is 0 Å². The normalized spacial score (nSPS) is 22.7. The van der Waals surface area contributed by atoms with Crippen molar-refractivity contribution < 1.29 is 14.7 Å². The Morgan fingerprint density at radius 2 is 1.81 bits per heavy atom. The molecule has 2 aromatic rings. The average molecular weight is 402 g/mol. The highest BCUT2D eigenvalue weighted by molar-refractivity contribution is 7.10. The molecule has 0 bridgehead atoms. The maximum Gasteiger partial charge on any atom is 0.295 e. The summed E-state index contributed by atoms with van der Waals surface area (Å²) in [5.74, 6) is -1.24. The molecule has 4 nitrogen and oxygen atoms in total. The number of rotatable bonds is 3. The molecule has 1 aromatic heterocycles. The summed E-state index contributed by atoms with van der Waals surface area (Å²) in [4.78, 5) is 28.5. The molecule has 6 heteroatoms. The van der Waals surface area contributed by atoms with Crippen molar-refractivity contribution in [3.8, 4) is 0 Å². The van der Waals surface area contributed by atoms with Crippen molar-refractivity contribution in [2.45, 2.75) is 44.7 Å². The number of hydrogen-bond acceptors (Lipinski definition) is 4. The molecule has 1 amide bonds. The van der Waals surface area contributed by atoms with E-state index in [2.05, 4.69) is 0 Å². The lowest BCUT2D eigenvalue weighted by Gasteiger charge is -2.30. The Morgan fingerprint density at radius 3 is 2.41 bits per heavy atom. The summed E-state index contributed by atoms with van der Waals surface area (Å²) in [5.41, 5.74) is 1.69. The van der Waals surface area contributed by atoms with Crippen molar-refractivity contribution in [3.63, 3.8) is 0 Å². The van der Waals surface area contributed by atoms with E-state index in [0.29, 0.717) is 10.6 Å². The number of ketones is 1. The predicted molar refractivity (Wildman–Crippen MR) is 107 cm³/mol. The molecular formula is C21H20ClNO3S. The van der Waals surface area contributed by atoms with Crippen LogP contribution in [-0.4, -0.2) is 27.7 Å². The molecule has 2 fully saturated rings. The molecule has 1 N–H and O–H groups in total. The number of benzene rings is 1. The number of thiophene rings is 1. The van der Waals surface area contributed by atoms with Crippen molar-refractivity contribution in [2.24, 2.45) is 0 Å². The SMILES string of the molecule is Cc1ccsc1C1/C(=C(/O)c2ccc(Cl)cc2)C(=O)C(=O)N1C1CCCC1. The van der Waals surface area contributed by atoms with E-state index in [9.17, 15) is 14.7 Å². The number of carbonyl (C=O) groups excluding carboxylic acids is 2. The van der Waals surface area contributed by atoms with Gasteiger partial charge in [-0.1, -0.05) is 24.4 Å². The molecule has 1 aliphatic heterocycles. The highest BCUT2D eigenvalue weighted by Crippen LogP contribution is 2.45. The number of Topliss-reactive ketones (excluding diaryl/α,β-unsaturated/α-hetero) is 1. The standard InChI is InChI=1S/C21H20ClNO3S/c1-12-10-11-27-20(12)17-16(18(24)13-6-8-14(22)9-7-13)19(25)21(26)23(17)15-4-2-3-5-15/h6-11,15,17,24H,2-5H2,1H3/b18-16-. The Hall–Kier alpha value is -2.11. The first kappa shape index (κ1) is 18.3. The zero-order valence-electron chi connectivity index (χ0n) is 14.9. The Kier molecular flexibility index (Phi) is 4.82. The van der Waals surface area contributed by atoms with Crippen LogP contribution in [0, 0.1) is 6.92 Å². The summed E-state index contributed by atoms with van der Waals surface area (Å²) < 4.78 is 0. The van der Waals surface area contributed by atoms with E-state index in [-0.39, 0.29) is 17.4 Å². The van der Waals surface area contributed by atoms with Crippen LogP contribution < -0.4 is 0 Å². The van der Waals surface area contributed by atoms with Crippen LogP contribution in [0.15, 0.2) is 41.3 Å². The monoisotopic (exact) mass is 401 g/mol. The summed E-state index contributed by atoms with van der Waals surface area (Å²) in [7, 11) is 0. The smallest absolute Gasteiger partial charge is 0.295 e. The molecule has 1 aliphatic carbocycles. The molecule has 2 heterocycles. The minimum atomic E-state index is -0.604. The van der Waals surface area contributed by atoms with E-state index < -0.39 is 17.7 Å². The zero-order valence-corrected chi connectivity index (χ0v) is 16.5. The van der Waals surface area contributed by atoms with Gasteiger partial charge in [-0.25, -0.2) is 0 Å². The van der Waals surface area contributed by atoms with E-state index in [1.165, 1.54) is 11.3 Å². The van der Waals surface area contributed by atoms with Crippen LogP contribution in [0.2, 0.25) is 5.02 Å². The zero-order chi connectivity index (χ0) is 19.1. The Morgan fingerprint density at radius 1 is 1.15 bits per heavy atom. The van der Waals surface area contributed by atoms with E-state index in [4.69, 9.17) is 11.6 Å². The van der Waals surface area contributed by atoms with E-state index in [0.717, 1.165) is 36.1 Å². The molecule has 0 spiro atoms. The van der Waals surface area contributed by atoms with Crippen molar-refractivity contribution in [1.82, 2.24) is 4.90 Å². The minimum Gasteiger partial charge on any atom is -0.507 e. The average Bonchev–Trinajstić information content (AvgIpc) is 3.37. The van der Waals surface area contributed by atoms with Crippen LogP contribution in [0.1, 0.15) is 47.7 Å². The molecular weight excluding hydrogens is 382 g/mol. The first-order chi connectivity index (χ1) is 13.0. The van der Waals surface area contributed by atoms with Gasteiger partial charge in [0, 0.05) is 21.5 Å². The lowest BCUT2D eigenvalue weighted by molar-refractivity contribution is -0.141. The topological polar surface area (TPSA) is 57.6 Å². The summed E-state index contributed by atoms with van der Waals surface area (Å²) in [5, 5.41) is 13.5. The second-order valence-electron chi connectivity index (χ2n) is 7.12. The van der Waals surface area contributed by atoms with Gasteiger partial charge >= 0.3 is 0 Å². The molecule has 1 atom stereocenters. The summed E-state index contributed by atoms with van der Waals surface area (Å²) >= 11 is 7.46. The molecule has 1 unspecified atom stereocenters. The van der Waals surface area contributed by atoms with Crippen molar-refractivity contribution >= 4 is 40.4 Å². The predicted octanol–water partition coefficient (Wildman–Crippen LogP) is 5.07. The fourth-order valence-electron chi connectivity index (χ4n) is 4.09. The molecule has 140 valence electrons. The Balaban J connectivity index is 1.89. The van der Waals surface area contributed by atoms with Crippen LogP contribution in [0.25, 0.3) is 5.76 Å². The van der Waals surface area contributed by atoms with Crippen molar-refractivity contribution in [2.75, 3.05) is 0 Å². The number of nitrogens with zero attached hydrogens (tertiary/aromatic N) is 1. The molecule has 27 heavy (non-hydrogen) atoms. The fraction of sp³-hybridized carbons (Fsp3) is 0.333. The first-order valence-electron chi connectivity index (χ1n) is 9.09. The van der Waals surface area contributed by atoms with Gasteiger partial charge in [0.25, 0.3) is 11.7 Å². The number of hydrogen-bond donors (Lipinski definition) is 1. The second kappa shape index (κ2) is 7.13. The van der Waals surface area contributed by atoms with Gasteiger partial charge in [-0.05, 0) is 61.0 Å². The maximum absolute atomic E-state index is 12.9. The van der Waals surface area contributed by atoms with Gasteiger partial charge in [0.15, 0.2) is 0 Å². The van der Waals surface area contributed by atoms with Gasteiger partial charge in [-0.2, -0.15) is 0 Å². The number of aliphatic hydroxyl groups is 1. The third-order valence-corrected chi connectivity index (χ3v) is 6.79. The number of aliphatic hydroxyl groups excluding tert-OH is 1. The molecule has 1 aromatic carbocycles. The lowest BCUT2D eigenvalue weighted by Crippen LogP contribution is -2.37. The quantitative estimate of drug-likeness (QED) is 0.443. The number of aryl methyl sites for hydroxylation is 1. The van der Waals surface area contributed by atoms with Gasteiger partial charge in [-0.3, -0.25) is 9.59 Å². The molecule has 4 rings (SSSR count). The summed E-state index contributed by atoms with van der Waals surface area (Å²) in [6.45, 7) is 1.98. The summed E-state index contributed by atoms with van der Waals surface area (Å²) in [6, 6.07) is 8.16. The minimum absolute atomic E-state index is 0.0449. The lowest BCUT2D eigenvalue weighted by atomic mass is 9.98. The summed E-state index contributed by atoms with van der Waals surface area (Å²) in [6.07, 6.45) is 3.91. The fourth-order valence-corrected chi connectivity index (χ4v) is 5.25. The number of halogens is 1. The Labute approximate surface area is 167 Å². The van der Waals surface area contributed by atoms with E-state index >= 15 is 0 Å². The number of carbonyl (C=O) groups is 2. The largest absolute Gasteiger partial charge is 0.507 e. The molecule has 2 aliphatic rings. The highest BCUT2D eigenvalue weighted by atomic mass is 35.5. The van der Waals surface area contributed by atoms with Crippen LogP contribution in [0.3, 0.4) is 0 Å². The molecule has 1 saturated heterocycles. The van der Waals surface area contributed by atoms with Gasteiger partial charge in [0.2, 0.25) is 0 Å². The van der Waals surface area contributed by atoms with Crippen LogP contribution in [0.5, 0.6) is 0 Å². The van der Waals surface area contributed by atoms with Crippen LogP contribution in [-0.2, 0) is 9.59 Å². The van der Waals surface area contributed by atoms with Gasteiger partial charge in [-0.15, -0.1) is 11.3 Å². The molecule has 1 saturated carbocycles. The number of likely N-dealkylation sites (tertiary alicyclic amines) is 1. The second-order valence-corrected chi connectivity index (χ2v) is 8.50. The first-order valence-corrected chi connectivity index (χ1v) is 10.3. The van der Waals surface area contributed by atoms with Crippen molar-refractivity contribution in [3.05, 3.63) is 62.3 Å². The maximum atomic E-state index is 12.9. The van der Waals surface area contributed by atoms with Crippen LogP contribution >= 0.6 is 22.9 Å². The highest BCUT2D eigenvalue weighted by Gasteiger charge is 2.49.